The number of thioether (sulfide) groups is 2. The third kappa shape index (κ3) is 15.5. The van der Waals surface area contributed by atoms with E-state index in [0.717, 1.165) is 79.3 Å². The number of esters is 3. The van der Waals surface area contributed by atoms with Crippen LogP contribution in [0.2, 0.25) is 0 Å². The normalized spacial score (nSPS) is 10.2. The molecule has 10 heteroatoms. The maximum absolute atomic E-state index is 12.7. The molecule has 0 N–H and O–H groups in total. The molecule has 0 aliphatic rings. The molecule has 0 amide bonds. The van der Waals surface area contributed by atoms with Crippen molar-refractivity contribution in [2.45, 2.75) is 42.8 Å². The van der Waals surface area contributed by atoms with Crippen molar-refractivity contribution in [1.29, 1.82) is 0 Å². The van der Waals surface area contributed by atoms with Crippen LogP contribution in [0.4, 0.5) is 0 Å². The molecule has 0 spiro atoms. The molecule has 0 aromatic heterocycles. The highest BCUT2D eigenvalue weighted by atomic mass is 32.2. The lowest BCUT2D eigenvalue weighted by atomic mass is 10.1. The van der Waals surface area contributed by atoms with Gasteiger partial charge in [-0.25, -0.2) is 14.4 Å². The van der Waals surface area contributed by atoms with Crippen LogP contribution in [0.15, 0.2) is 144 Å². The molecule has 5 aromatic carbocycles. The van der Waals surface area contributed by atoms with E-state index in [4.69, 9.17) is 23.7 Å². The van der Waals surface area contributed by atoms with E-state index in [-0.39, 0.29) is 6.61 Å². The molecule has 0 unspecified atom stereocenters. The van der Waals surface area contributed by atoms with E-state index in [1.807, 2.05) is 104 Å². The Bertz CT molecular complexity index is 2420. The molecule has 0 bridgehead atoms. The Kier molecular flexibility index (Phi) is 18.3. The first-order valence-corrected chi connectivity index (χ1v) is 21.4. The SMILES string of the molecule is C=CC(=O)OCCCSc1ccc(C#Cc2ccc(OCc3ccc(COc4ccc(C#Cc5ccc(SCCCOC(=O)C=C)cc5)cc4C(=O)OC)cc3)c(C)c2)cc1. The summed E-state index contributed by atoms with van der Waals surface area (Å²) in [5.74, 6) is 14.3. The molecule has 0 fully saturated rings. The summed E-state index contributed by atoms with van der Waals surface area (Å²) < 4.78 is 27.3. The van der Waals surface area contributed by atoms with Gasteiger partial charge in [-0.15, -0.1) is 23.5 Å². The minimum absolute atomic E-state index is 0.252. The summed E-state index contributed by atoms with van der Waals surface area (Å²) >= 11 is 3.38. The molecule has 0 aliphatic heterocycles. The zero-order chi connectivity index (χ0) is 43.2. The number of aryl methyl sites for hydroxylation is 1. The van der Waals surface area contributed by atoms with Crippen LogP contribution in [0.1, 0.15) is 62.1 Å². The summed E-state index contributed by atoms with van der Waals surface area (Å²) in [4.78, 5) is 37.2. The van der Waals surface area contributed by atoms with Crippen LogP contribution < -0.4 is 9.47 Å². The van der Waals surface area contributed by atoms with Crippen molar-refractivity contribution in [3.05, 3.63) is 179 Å². The van der Waals surface area contributed by atoms with Crippen molar-refractivity contribution in [3.8, 4) is 35.2 Å². The lowest BCUT2D eigenvalue weighted by molar-refractivity contribution is -0.138. The summed E-state index contributed by atoms with van der Waals surface area (Å²) in [6, 6.07) is 35.1. The molecule has 0 saturated heterocycles. The molecule has 5 aromatic rings. The maximum atomic E-state index is 12.7. The number of hydrogen-bond acceptors (Lipinski definition) is 10. The topological polar surface area (TPSA) is 97.4 Å². The second-order valence-electron chi connectivity index (χ2n) is 13.3. The molecular weight excluding hydrogens is 805 g/mol. The molecule has 0 heterocycles. The number of ether oxygens (including phenoxy) is 5. The van der Waals surface area contributed by atoms with E-state index >= 15 is 0 Å². The standard InChI is InChI=1S/C51H46O8S2/c1-5-49(52)56-29-7-31-60-44-23-17-38(18-24-44)9-11-40-21-27-47(37(3)33-40)58-35-42-13-15-43(16-14-42)36-59-48-28-22-41(34-46(48)51(54)55-4)12-10-39-19-25-45(26-20-39)61-32-8-30-57-50(53)6-2/h5-6,13-28,33-34H,1-2,7-8,29-32,35-36H2,3-4H3. The first-order chi connectivity index (χ1) is 29.7. The second-order valence-corrected chi connectivity index (χ2v) is 15.6. The minimum atomic E-state index is -0.512. The van der Waals surface area contributed by atoms with Crippen molar-refractivity contribution < 1.29 is 38.1 Å². The van der Waals surface area contributed by atoms with E-state index in [0.29, 0.717) is 36.7 Å². The van der Waals surface area contributed by atoms with Gasteiger partial charge in [0.2, 0.25) is 0 Å². The number of benzene rings is 5. The number of methoxy groups -OCH3 is 1. The highest BCUT2D eigenvalue weighted by Gasteiger charge is 2.14. The lowest BCUT2D eigenvalue weighted by Gasteiger charge is -2.12. The number of carbonyl (C=O) groups is 3. The van der Waals surface area contributed by atoms with E-state index < -0.39 is 17.9 Å². The molecule has 310 valence electrons. The van der Waals surface area contributed by atoms with Gasteiger partial charge in [0.15, 0.2) is 0 Å². The zero-order valence-corrected chi connectivity index (χ0v) is 35.8. The molecular formula is C51H46O8S2. The number of rotatable bonds is 19. The Hall–Kier alpha value is -6.59. The first kappa shape index (κ1) is 45.5. The highest BCUT2D eigenvalue weighted by molar-refractivity contribution is 7.99. The third-order valence-electron chi connectivity index (χ3n) is 8.72. The average molecular weight is 851 g/mol. The van der Waals surface area contributed by atoms with Gasteiger partial charge < -0.3 is 23.7 Å². The van der Waals surface area contributed by atoms with Crippen molar-refractivity contribution in [1.82, 2.24) is 0 Å². The minimum Gasteiger partial charge on any atom is -0.489 e. The molecule has 5 rings (SSSR count). The van der Waals surface area contributed by atoms with Crippen LogP contribution in [-0.4, -0.2) is 49.7 Å². The van der Waals surface area contributed by atoms with E-state index in [1.165, 1.54) is 13.2 Å². The smallest absolute Gasteiger partial charge is 0.341 e. The van der Waals surface area contributed by atoms with Crippen LogP contribution in [0.5, 0.6) is 11.5 Å². The van der Waals surface area contributed by atoms with Gasteiger partial charge in [0.1, 0.15) is 30.3 Å². The average Bonchev–Trinajstić information content (AvgIpc) is 3.29. The molecule has 0 atom stereocenters. The number of carbonyl (C=O) groups excluding carboxylic acids is 3. The quantitative estimate of drug-likeness (QED) is 0.0200. The summed E-state index contributed by atoms with van der Waals surface area (Å²) in [5, 5.41) is 0. The number of hydrogen-bond donors (Lipinski definition) is 0. The van der Waals surface area contributed by atoms with Crippen molar-refractivity contribution in [2.24, 2.45) is 0 Å². The molecule has 0 radical (unpaired) electrons. The summed E-state index contributed by atoms with van der Waals surface area (Å²) in [5.41, 5.74) is 6.52. The fourth-order valence-corrected chi connectivity index (χ4v) is 7.12. The van der Waals surface area contributed by atoms with E-state index in [9.17, 15) is 14.4 Å². The predicted octanol–water partition coefficient (Wildman–Crippen LogP) is 10.2. The largest absolute Gasteiger partial charge is 0.489 e. The fourth-order valence-electron chi connectivity index (χ4n) is 5.46. The molecule has 61 heavy (non-hydrogen) atoms. The van der Waals surface area contributed by atoms with Crippen LogP contribution in [0.3, 0.4) is 0 Å². The molecule has 0 saturated carbocycles. The van der Waals surface area contributed by atoms with Gasteiger partial charge in [-0.3, -0.25) is 0 Å². The molecule has 0 aliphatic carbocycles. The first-order valence-electron chi connectivity index (χ1n) is 19.5. The van der Waals surface area contributed by atoms with Gasteiger partial charge >= 0.3 is 17.9 Å². The zero-order valence-electron chi connectivity index (χ0n) is 34.2. The van der Waals surface area contributed by atoms with Crippen molar-refractivity contribution >= 4 is 41.4 Å². The van der Waals surface area contributed by atoms with Crippen LogP contribution >= 0.6 is 23.5 Å². The van der Waals surface area contributed by atoms with Gasteiger partial charge in [-0.1, -0.05) is 61.1 Å². The monoisotopic (exact) mass is 850 g/mol. The molecule has 8 nitrogen and oxygen atoms in total. The van der Waals surface area contributed by atoms with Gasteiger partial charge in [-0.05, 0) is 121 Å². The van der Waals surface area contributed by atoms with Gasteiger partial charge in [-0.2, -0.15) is 0 Å². The lowest BCUT2D eigenvalue weighted by Crippen LogP contribution is -2.06. The third-order valence-corrected chi connectivity index (χ3v) is 10.9. The summed E-state index contributed by atoms with van der Waals surface area (Å²) in [7, 11) is 1.34. The van der Waals surface area contributed by atoms with Gasteiger partial charge in [0.25, 0.3) is 0 Å². The van der Waals surface area contributed by atoms with Crippen LogP contribution in [0.25, 0.3) is 0 Å². The van der Waals surface area contributed by atoms with Gasteiger partial charge in [0.05, 0.1) is 20.3 Å². The summed E-state index contributed by atoms with van der Waals surface area (Å²) in [6.07, 6.45) is 3.85. The summed E-state index contributed by atoms with van der Waals surface area (Å²) in [6.45, 7) is 10.2. The van der Waals surface area contributed by atoms with Crippen LogP contribution in [-0.2, 0) is 37.0 Å². The van der Waals surface area contributed by atoms with Crippen molar-refractivity contribution in [2.75, 3.05) is 31.8 Å². The van der Waals surface area contributed by atoms with Crippen LogP contribution in [0, 0.1) is 30.6 Å². The van der Waals surface area contributed by atoms with Gasteiger partial charge in [0, 0.05) is 55.7 Å². The highest BCUT2D eigenvalue weighted by Crippen LogP contribution is 2.25. The second kappa shape index (κ2) is 24.5. The maximum Gasteiger partial charge on any atom is 0.341 e. The predicted molar refractivity (Wildman–Crippen MR) is 242 cm³/mol. The van der Waals surface area contributed by atoms with Crippen molar-refractivity contribution in [3.63, 3.8) is 0 Å². The Labute approximate surface area is 366 Å². The Morgan fingerprint density at radius 2 is 1.00 bits per heavy atom. The Balaban J connectivity index is 1.08. The Morgan fingerprint density at radius 3 is 1.46 bits per heavy atom. The fraction of sp³-hybridized carbons (Fsp3) is 0.196. The van der Waals surface area contributed by atoms with E-state index in [1.54, 1.807) is 35.7 Å². The van der Waals surface area contributed by atoms with E-state index in [2.05, 4.69) is 36.8 Å². The Morgan fingerprint density at radius 1 is 0.574 bits per heavy atom.